The van der Waals surface area contributed by atoms with Crippen molar-refractivity contribution in [3.63, 3.8) is 0 Å². The number of thiophene rings is 1. The fourth-order valence-corrected chi connectivity index (χ4v) is 3.01. The zero-order valence-corrected chi connectivity index (χ0v) is 12.5. The van der Waals surface area contributed by atoms with Crippen molar-refractivity contribution in [1.29, 1.82) is 0 Å². The second-order valence-corrected chi connectivity index (χ2v) is 5.98. The topological polar surface area (TPSA) is 60.0 Å². The van der Waals surface area contributed by atoms with E-state index < -0.39 is 0 Å². The lowest BCUT2D eigenvalue weighted by Crippen LogP contribution is -2.25. The Bertz CT molecular complexity index is 700. The van der Waals surface area contributed by atoms with Crippen molar-refractivity contribution in [3.8, 4) is 11.8 Å². The maximum atomic E-state index is 12.3. The summed E-state index contributed by atoms with van der Waals surface area (Å²) in [7, 11) is 0. The Labute approximate surface area is 128 Å². The summed E-state index contributed by atoms with van der Waals surface area (Å²) in [4.78, 5) is 13.4. The predicted molar refractivity (Wildman–Crippen MR) is 84.1 cm³/mol. The summed E-state index contributed by atoms with van der Waals surface area (Å²) in [6, 6.07) is 6.27. The fraction of sp³-hybridized carbons (Fsp3) is 0.312. The molecule has 108 valence electrons. The van der Waals surface area contributed by atoms with E-state index in [1.165, 1.54) is 12.8 Å². The Balaban J connectivity index is 1.66. The van der Waals surface area contributed by atoms with Crippen LogP contribution in [0.25, 0.3) is 0 Å². The molecule has 1 aliphatic rings. The van der Waals surface area contributed by atoms with Crippen LogP contribution in [0.1, 0.15) is 39.8 Å². The molecule has 2 heterocycles. The molecule has 0 radical (unpaired) electrons. The van der Waals surface area contributed by atoms with Crippen LogP contribution in [-0.4, -0.2) is 17.0 Å². The maximum Gasteiger partial charge on any atom is 0.268 e. The van der Waals surface area contributed by atoms with E-state index in [-0.39, 0.29) is 5.91 Å². The maximum absolute atomic E-state index is 12.3. The van der Waals surface area contributed by atoms with Gasteiger partial charge in [-0.25, -0.2) is 0 Å². The molecule has 21 heavy (non-hydrogen) atoms. The monoisotopic (exact) mass is 299 g/mol. The minimum atomic E-state index is -0.0296. The molecule has 2 aromatic rings. The first-order chi connectivity index (χ1) is 10.3. The van der Waals surface area contributed by atoms with Crippen LogP contribution in [0.5, 0.6) is 0 Å². The van der Waals surface area contributed by atoms with Crippen LogP contribution in [-0.2, 0) is 6.54 Å². The van der Waals surface area contributed by atoms with Crippen LogP contribution >= 0.6 is 11.3 Å². The van der Waals surface area contributed by atoms with Gasteiger partial charge in [0.15, 0.2) is 0 Å². The summed E-state index contributed by atoms with van der Waals surface area (Å²) in [6.45, 7) is 0.845. The number of nitrogens with one attached hydrogen (secondary N) is 1. The van der Waals surface area contributed by atoms with Gasteiger partial charge >= 0.3 is 0 Å². The smallest absolute Gasteiger partial charge is 0.268 e. The highest BCUT2D eigenvalue weighted by molar-refractivity contribution is 7.10. The Morgan fingerprint density at radius 3 is 3.10 bits per heavy atom. The molecule has 0 saturated heterocycles. The highest BCUT2D eigenvalue weighted by atomic mass is 32.1. The van der Waals surface area contributed by atoms with Gasteiger partial charge in [0.05, 0.1) is 13.1 Å². The molecule has 5 heteroatoms. The van der Waals surface area contributed by atoms with Gasteiger partial charge in [-0.1, -0.05) is 11.8 Å². The van der Waals surface area contributed by atoms with Crippen molar-refractivity contribution >= 4 is 17.2 Å². The summed E-state index contributed by atoms with van der Waals surface area (Å²) in [6.07, 6.45) is 4.31. The van der Waals surface area contributed by atoms with E-state index in [0.717, 1.165) is 16.1 Å². The minimum Gasteiger partial charge on any atom is -0.346 e. The van der Waals surface area contributed by atoms with Gasteiger partial charge in [0.25, 0.3) is 5.91 Å². The molecule has 1 aliphatic carbocycles. The summed E-state index contributed by atoms with van der Waals surface area (Å²) in [5.41, 5.74) is 7.08. The molecule has 0 bridgehead atoms. The number of aromatic nitrogens is 1. The second kappa shape index (κ2) is 6.17. The van der Waals surface area contributed by atoms with E-state index in [0.29, 0.717) is 19.1 Å². The van der Waals surface area contributed by atoms with Gasteiger partial charge in [0.2, 0.25) is 0 Å². The van der Waals surface area contributed by atoms with Gasteiger partial charge in [-0.15, -0.1) is 11.3 Å². The van der Waals surface area contributed by atoms with Crippen molar-refractivity contribution in [3.05, 3.63) is 45.9 Å². The molecule has 0 unspecified atom stereocenters. The van der Waals surface area contributed by atoms with Crippen molar-refractivity contribution in [2.75, 3.05) is 6.54 Å². The van der Waals surface area contributed by atoms with Gasteiger partial charge in [-0.3, -0.25) is 4.79 Å². The fourth-order valence-electron chi connectivity index (χ4n) is 2.24. The lowest BCUT2D eigenvalue weighted by molar-refractivity contribution is 0.0942. The van der Waals surface area contributed by atoms with Crippen molar-refractivity contribution in [2.24, 2.45) is 5.73 Å². The number of nitrogens with two attached hydrogens (primary N) is 1. The molecule has 0 atom stereocenters. The molecular formula is C16H17N3OS. The van der Waals surface area contributed by atoms with Crippen LogP contribution in [0.2, 0.25) is 0 Å². The largest absolute Gasteiger partial charge is 0.346 e. The number of hydrogen-bond donors (Lipinski definition) is 2. The van der Waals surface area contributed by atoms with Gasteiger partial charge in [0, 0.05) is 22.7 Å². The molecule has 3 rings (SSSR count). The van der Waals surface area contributed by atoms with Crippen molar-refractivity contribution < 1.29 is 4.79 Å². The van der Waals surface area contributed by atoms with E-state index in [1.807, 2.05) is 29.8 Å². The molecule has 2 aromatic heterocycles. The first kappa shape index (κ1) is 13.9. The summed E-state index contributed by atoms with van der Waals surface area (Å²) < 4.78 is 2.07. The summed E-state index contributed by atoms with van der Waals surface area (Å²) in [5, 5.41) is 4.96. The summed E-state index contributed by atoms with van der Waals surface area (Å²) in [5.74, 6) is 5.85. The average Bonchev–Trinajstić information content (AvgIpc) is 3.05. The minimum absolute atomic E-state index is 0.0296. The van der Waals surface area contributed by atoms with Crippen LogP contribution in [0, 0.1) is 11.8 Å². The molecule has 0 aromatic carbocycles. The van der Waals surface area contributed by atoms with Crippen LogP contribution in [0.15, 0.2) is 29.8 Å². The zero-order valence-electron chi connectivity index (χ0n) is 11.6. The molecule has 0 aliphatic heterocycles. The first-order valence-electron chi connectivity index (χ1n) is 7.00. The zero-order chi connectivity index (χ0) is 14.7. The second-order valence-electron chi connectivity index (χ2n) is 4.98. The normalized spacial score (nSPS) is 13.6. The summed E-state index contributed by atoms with van der Waals surface area (Å²) >= 11 is 1.60. The number of rotatable bonds is 4. The lowest BCUT2D eigenvalue weighted by atomic mass is 10.2. The van der Waals surface area contributed by atoms with Gasteiger partial charge < -0.3 is 15.6 Å². The average molecular weight is 299 g/mol. The SMILES string of the molecule is NCC#Cc1ccsc1CNC(=O)c1cccn1C1CC1. The Kier molecular flexibility index (Phi) is 4.09. The van der Waals surface area contributed by atoms with Gasteiger partial charge in [0.1, 0.15) is 5.69 Å². The van der Waals surface area contributed by atoms with E-state index in [2.05, 4.69) is 21.7 Å². The van der Waals surface area contributed by atoms with E-state index in [1.54, 1.807) is 11.3 Å². The van der Waals surface area contributed by atoms with Gasteiger partial charge in [-0.05, 0) is 36.4 Å². The van der Waals surface area contributed by atoms with Crippen molar-refractivity contribution in [2.45, 2.75) is 25.4 Å². The van der Waals surface area contributed by atoms with Crippen LogP contribution < -0.4 is 11.1 Å². The van der Waals surface area contributed by atoms with Crippen molar-refractivity contribution in [1.82, 2.24) is 9.88 Å². The Hall–Kier alpha value is -2.03. The molecule has 1 fully saturated rings. The lowest BCUT2D eigenvalue weighted by Gasteiger charge is -2.08. The molecular weight excluding hydrogens is 282 g/mol. The number of hydrogen-bond acceptors (Lipinski definition) is 3. The Morgan fingerprint density at radius 1 is 1.48 bits per heavy atom. The van der Waals surface area contributed by atoms with E-state index >= 15 is 0 Å². The standard InChI is InChI=1S/C16H17N3OS/c17-8-1-3-12-7-10-21-15(12)11-18-16(20)14-4-2-9-19(14)13-5-6-13/h2,4,7,9-10,13H,5-6,8,11,17H2,(H,18,20). The molecule has 4 nitrogen and oxygen atoms in total. The predicted octanol–water partition coefficient (Wildman–Crippen LogP) is 2.12. The molecule has 1 amide bonds. The van der Waals surface area contributed by atoms with E-state index in [4.69, 9.17) is 5.73 Å². The third-order valence-electron chi connectivity index (χ3n) is 3.43. The molecule has 3 N–H and O–H groups in total. The third-order valence-corrected chi connectivity index (χ3v) is 4.35. The Morgan fingerprint density at radius 2 is 2.33 bits per heavy atom. The highest BCUT2D eigenvalue weighted by Crippen LogP contribution is 2.35. The quantitative estimate of drug-likeness (QED) is 0.850. The highest BCUT2D eigenvalue weighted by Gasteiger charge is 2.26. The number of carbonyl (C=O) groups is 1. The number of carbonyl (C=O) groups excluding carboxylic acids is 1. The number of amides is 1. The van der Waals surface area contributed by atoms with Crippen LogP contribution in [0.4, 0.5) is 0 Å². The molecule has 1 saturated carbocycles. The van der Waals surface area contributed by atoms with Gasteiger partial charge in [-0.2, -0.15) is 0 Å². The third kappa shape index (κ3) is 3.18. The molecule has 0 spiro atoms. The first-order valence-corrected chi connectivity index (χ1v) is 7.88. The van der Waals surface area contributed by atoms with Crippen LogP contribution in [0.3, 0.4) is 0 Å². The number of nitrogens with zero attached hydrogens (tertiary/aromatic N) is 1. The van der Waals surface area contributed by atoms with E-state index in [9.17, 15) is 4.79 Å².